The number of piperazine rings is 1. The highest BCUT2D eigenvalue weighted by Gasteiger charge is 2.16. The summed E-state index contributed by atoms with van der Waals surface area (Å²) in [5.41, 5.74) is 0. The van der Waals surface area contributed by atoms with Crippen molar-refractivity contribution < 1.29 is 9.47 Å². The Kier molecular flexibility index (Phi) is 7.65. The van der Waals surface area contributed by atoms with Crippen molar-refractivity contribution >= 4 is 30.8 Å². The van der Waals surface area contributed by atoms with E-state index in [1.807, 2.05) is 0 Å². The van der Waals surface area contributed by atoms with Gasteiger partial charge >= 0.3 is 12.0 Å². The van der Waals surface area contributed by atoms with Gasteiger partial charge in [0.05, 0.1) is 14.2 Å². The second-order valence-corrected chi connectivity index (χ2v) is 3.35. The van der Waals surface area contributed by atoms with E-state index in [0.717, 1.165) is 26.2 Å². The molecule has 7 nitrogen and oxygen atoms in total. The van der Waals surface area contributed by atoms with Gasteiger partial charge in [-0.15, -0.1) is 29.8 Å². The van der Waals surface area contributed by atoms with Gasteiger partial charge < -0.3 is 19.7 Å². The molecule has 0 amide bonds. The molecule has 1 aromatic heterocycles. The van der Waals surface area contributed by atoms with Gasteiger partial charge in [-0.1, -0.05) is 0 Å². The van der Waals surface area contributed by atoms with Crippen molar-refractivity contribution in [1.29, 1.82) is 0 Å². The van der Waals surface area contributed by atoms with E-state index in [1.54, 1.807) is 0 Å². The van der Waals surface area contributed by atoms with E-state index in [2.05, 4.69) is 25.2 Å². The van der Waals surface area contributed by atoms with Gasteiger partial charge in [0.2, 0.25) is 5.95 Å². The number of rotatable bonds is 3. The quantitative estimate of drug-likeness (QED) is 0.851. The maximum absolute atomic E-state index is 5.00. The van der Waals surface area contributed by atoms with Gasteiger partial charge in [0.25, 0.3) is 0 Å². The van der Waals surface area contributed by atoms with Crippen LogP contribution in [0.25, 0.3) is 0 Å². The van der Waals surface area contributed by atoms with Crippen LogP contribution in [-0.4, -0.2) is 55.4 Å². The topological polar surface area (TPSA) is 72.4 Å². The average molecular weight is 298 g/mol. The van der Waals surface area contributed by atoms with Gasteiger partial charge in [0.15, 0.2) is 0 Å². The second kappa shape index (κ2) is 8.12. The van der Waals surface area contributed by atoms with Crippen LogP contribution in [0.2, 0.25) is 0 Å². The first-order valence-corrected chi connectivity index (χ1v) is 5.13. The van der Waals surface area contributed by atoms with Crippen molar-refractivity contribution in [3.05, 3.63) is 0 Å². The number of aromatic nitrogens is 3. The first-order valence-electron chi connectivity index (χ1n) is 5.13. The first-order chi connectivity index (χ1) is 7.83. The van der Waals surface area contributed by atoms with Gasteiger partial charge in [0.1, 0.15) is 0 Å². The Balaban J connectivity index is 0.00000144. The van der Waals surface area contributed by atoms with Crippen LogP contribution in [0.15, 0.2) is 0 Å². The molecule has 2 heterocycles. The zero-order valence-corrected chi connectivity index (χ0v) is 11.9. The summed E-state index contributed by atoms with van der Waals surface area (Å²) in [7, 11) is 3.05. The summed E-state index contributed by atoms with van der Waals surface area (Å²) in [4.78, 5) is 14.4. The summed E-state index contributed by atoms with van der Waals surface area (Å²) in [5.74, 6) is 0.602. The molecule has 0 atom stereocenters. The lowest BCUT2D eigenvalue weighted by atomic mass is 10.4. The predicted octanol–water partition coefficient (Wildman–Crippen LogP) is 0.142. The molecule has 18 heavy (non-hydrogen) atoms. The molecule has 0 aliphatic carbocycles. The zero-order chi connectivity index (χ0) is 11.4. The molecule has 0 spiro atoms. The van der Waals surface area contributed by atoms with Gasteiger partial charge in [-0.3, -0.25) is 0 Å². The van der Waals surface area contributed by atoms with Crippen LogP contribution in [-0.2, 0) is 0 Å². The monoisotopic (exact) mass is 297 g/mol. The van der Waals surface area contributed by atoms with Crippen molar-refractivity contribution in [2.24, 2.45) is 0 Å². The normalized spacial score (nSPS) is 14.2. The maximum Gasteiger partial charge on any atom is 0.324 e. The van der Waals surface area contributed by atoms with Crippen molar-refractivity contribution in [3.8, 4) is 12.0 Å². The third-order valence-electron chi connectivity index (χ3n) is 2.35. The van der Waals surface area contributed by atoms with Gasteiger partial charge in [-0.25, -0.2) is 0 Å². The summed E-state index contributed by atoms with van der Waals surface area (Å²) in [6.07, 6.45) is 0. The number of nitrogens with zero attached hydrogens (tertiary/aromatic N) is 4. The molecule has 1 aliphatic heterocycles. The molecule has 0 unspecified atom stereocenters. The Labute approximate surface area is 118 Å². The third kappa shape index (κ3) is 4.01. The van der Waals surface area contributed by atoms with Gasteiger partial charge in [-0.05, 0) is 0 Å². The van der Waals surface area contributed by atoms with E-state index >= 15 is 0 Å². The second-order valence-electron chi connectivity index (χ2n) is 3.35. The molecule has 0 radical (unpaired) electrons. The van der Waals surface area contributed by atoms with Crippen LogP contribution < -0.4 is 19.7 Å². The number of hydrogen-bond acceptors (Lipinski definition) is 7. The Morgan fingerprint density at radius 1 is 0.944 bits per heavy atom. The Morgan fingerprint density at radius 2 is 1.44 bits per heavy atom. The number of ether oxygens (including phenoxy) is 2. The molecule has 9 heteroatoms. The van der Waals surface area contributed by atoms with E-state index in [-0.39, 0.29) is 36.8 Å². The van der Waals surface area contributed by atoms with Crippen molar-refractivity contribution in [2.75, 3.05) is 45.3 Å². The predicted molar refractivity (Wildman–Crippen MR) is 72.5 cm³/mol. The van der Waals surface area contributed by atoms with Crippen molar-refractivity contribution in [1.82, 2.24) is 20.3 Å². The Bertz CT molecular complexity index is 341. The van der Waals surface area contributed by atoms with E-state index in [4.69, 9.17) is 9.47 Å². The number of methoxy groups -OCH3 is 2. The van der Waals surface area contributed by atoms with E-state index in [9.17, 15) is 0 Å². The van der Waals surface area contributed by atoms with Crippen LogP contribution in [0.1, 0.15) is 0 Å². The van der Waals surface area contributed by atoms with Crippen LogP contribution in [0.4, 0.5) is 5.95 Å². The Hall–Kier alpha value is -1.05. The lowest BCUT2D eigenvalue weighted by Crippen LogP contribution is -2.44. The zero-order valence-electron chi connectivity index (χ0n) is 10.3. The molecule has 2 rings (SSSR count). The summed E-state index contributed by atoms with van der Waals surface area (Å²) in [6, 6.07) is 0.556. The lowest BCUT2D eigenvalue weighted by Gasteiger charge is -2.27. The minimum atomic E-state index is 0. The van der Waals surface area contributed by atoms with Crippen LogP contribution >= 0.6 is 24.8 Å². The number of halogens is 2. The van der Waals surface area contributed by atoms with Crippen molar-refractivity contribution in [3.63, 3.8) is 0 Å². The Morgan fingerprint density at radius 3 is 1.89 bits per heavy atom. The molecule has 1 aliphatic rings. The van der Waals surface area contributed by atoms with E-state index in [1.165, 1.54) is 14.2 Å². The van der Waals surface area contributed by atoms with Crippen LogP contribution in [0.5, 0.6) is 12.0 Å². The fourth-order valence-corrected chi connectivity index (χ4v) is 1.52. The molecular weight excluding hydrogens is 281 g/mol. The smallest absolute Gasteiger partial charge is 0.324 e. The number of hydrogen-bond donors (Lipinski definition) is 1. The maximum atomic E-state index is 5.00. The average Bonchev–Trinajstić information content (AvgIpc) is 2.39. The minimum absolute atomic E-state index is 0. The number of anilines is 1. The highest BCUT2D eigenvalue weighted by Crippen LogP contribution is 2.15. The summed E-state index contributed by atoms with van der Waals surface area (Å²) in [6.45, 7) is 3.60. The molecule has 0 aromatic carbocycles. The SMILES string of the molecule is COc1nc(OC)nc(N2CCNCC2)n1.Cl.Cl. The van der Waals surface area contributed by atoms with E-state index < -0.39 is 0 Å². The molecule has 1 N–H and O–H groups in total. The van der Waals surface area contributed by atoms with Crippen LogP contribution in [0, 0.1) is 0 Å². The fourth-order valence-electron chi connectivity index (χ4n) is 1.52. The highest BCUT2D eigenvalue weighted by atomic mass is 35.5. The fraction of sp³-hybridized carbons (Fsp3) is 0.667. The molecule has 1 aromatic rings. The van der Waals surface area contributed by atoms with Gasteiger partial charge in [-0.2, -0.15) is 9.97 Å². The minimum Gasteiger partial charge on any atom is -0.467 e. The molecule has 0 saturated carbocycles. The highest BCUT2D eigenvalue weighted by molar-refractivity contribution is 5.85. The molecule has 104 valence electrons. The molecule has 0 bridgehead atoms. The lowest BCUT2D eigenvalue weighted by molar-refractivity contribution is 0.339. The van der Waals surface area contributed by atoms with Crippen molar-refractivity contribution in [2.45, 2.75) is 0 Å². The summed E-state index contributed by atoms with van der Waals surface area (Å²) in [5, 5.41) is 3.27. The first kappa shape index (κ1) is 16.9. The standard InChI is InChI=1S/C9H15N5O2.2ClH/c1-15-8-11-7(12-9(13-8)16-2)14-5-3-10-4-6-14;;/h10H,3-6H2,1-2H3;2*1H. The number of nitrogens with one attached hydrogen (secondary N) is 1. The third-order valence-corrected chi connectivity index (χ3v) is 2.35. The van der Waals surface area contributed by atoms with E-state index in [0.29, 0.717) is 5.95 Å². The molecule has 1 fully saturated rings. The largest absolute Gasteiger partial charge is 0.467 e. The molecular formula is C9H17Cl2N5O2. The summed E-state index contributed by atoms with van der Waals surface area (Å²) < 4.78 is 10.0. The van der Waals surface area contributed by atoms with Gasteiger partial charge in [0, 0.05) is 26.2 Å². The molecule has 1 saturated heterocycles. The summed E-state index contributed by atoms with van der Waals surface area (Å²) >= 11 is 0. The van der Waals surface area contributed by atoms with Crippen LogP contribution in [0.3, 0.4) is 0 Å².